The third-order valence-corrected chi connectivity index (χ3v) is 5.60. The van der Waals surface area contributed by atoms with Crippen LogP contribution in [0.5, 0.6) is 0 Å². The van der Waals surface area contributed by atoms with E-state index in [1.54, 1.807) is 0 Å². The minimum atomic E-state index is 1.08. The second-order valence-electron chi connectivity index (χ2n) is 7.53. The SMILES string of the molecule is C1=Cc2cccc3cccc(c23)C1.C1=Cc2cccc3cccc(c23)C1.c1conn1. The molecular weight excluding hydrogens is 380 g/mol. The molecular formula is C28H22N2O. The van der Waals surface area contributed by atoms with Gasteiger partial charge in [-0.3, -0.25) is 0 Å². The first-order valence-electron chi connectivity index (χ1n) is 10.5. The normalized spacial score (nSPS) is 12.6. The molecule has 0 radical (unpaired) electrons. The number of nitrogens with zero attached hydrogens (tertiary/aromatic N) is 2. The highest BCUT2D eigenvalue weighted by Crippen LogP contribution is 2.28. The Labute approximate surface area is 181 Å². The van der Waals surface area contributed by atoms with Gasteiger partial charge in [-0.25, -0.2) is 0 Å². The predicted octanol–water partition coefficient (Wildman–Crippen LogP) is 6.89. The molecule has 0 N–H and O–H groups in total. The van der Waals surface area contributed by atoms with Crippen LogP contribution >= 0.6 is 0 Å². The third-order valence-electron chi connectivity index (χ3n) is 5.60. The van der Waals surface area contributed by atoms with Crippen molar-refractivity contribution in [2.75, 3.05) is 0 Å². The molecule has 3 nitrogen and oxygen atoms in total. The van der Waals surface area contributed by atoms with Gasteiger partial charge in [0.05, 0.1) is 6.20 Å². The molecule has 3 heteroatoms. The molecule has 2 aliphatic carbocycles. The molecule has 0 saturated heterocycles. The van der Waals surface area contributed by atoms with Crippen LogP contribution in [0.2, 0.25) is 0 Å². The van der Waals surface area contributed by atoms with Crippen molar-refractivity contribution in [2.45, 2.75) is 12.8 Å². The van der Waals surface area contributed by atoms with Crippen molar-refractivity contribution in [1.82, 2.24) is 10.4 Å². The van der Waals surface area contributed by atoms with E-state index in [4.69, 9.17) is 0 Å². The zero-order chi connectivity index (χ0) is 20.9. The van der Waals surface area contributed by atoms with Crippen LogP contribution in [0.1, 0.15) is 22.3 Å². The van der Waals surface area contributed by atoms with Gasteiger partial charge in [0.1, 0.15) is 6.26 Å². The van der Waals surface area contributed by atoms with Gasteiger partial charge in [0.15, 0.2) is 0 Å². The molecule has 1 heterocycles. The van der Waals surface area contributed by atoms with Crippen LogP contribution in [0.25, 0.3) is 33.7 Å². The van der Waals surface area contributed by atoms with Gasteiger partial charge in [-0.2, -0.15) is 0 Å². The number of benzene rings is 4. The summed E-state index contributed by atoms with van der Waals surface area (Å²) in [5.41, 5.74) is 5.63. The summed E-state index contributed by atoms with van der Waals surface area (Å²) in [5.74, 6) is 0. The molecule has 0 spiro atoms. The van der Waals surface area contributed by atoms with E-state index in [1.807, 2.05) is 0 Å². The average Bonchev–Trinajstić information content (AvgIpc) is 3.42. The van der Waals surface area contributed by atoms with E-state index in [1.165, 1.54) is 56.3 Å². The van der Waals surface area contributed by atoms with Gasteiger partial charge in [-0.05, 0) is 56.6 Å². The van der Waals surface area contributed by atoms with E-state index in [0.29, 0.717) is 0 Å². The van der Waals surface area contributed by atoms with Crippen LogP contribution in [0.4, 0.5) is 0 Å². The summed E-state index contributed by atoms with van der Waals surface area (Å²) in [6.45, 7) is 0. The highest BCUT2D eigenvalue weighted by molar-refractivity contribution is 5.95. The second kappa shape index (κ2) is 8.80. The molecule has 0 aliphatic heterocycles. The maximum absolute atomic E-state index is 4.22. The molecule has 0 unspecified atom stereocenters. The van der Waals surface area contributed by atoms with Crippen molar-refractivity contribution >= 4 is 33.7 Å². The Hall–Kier alpha value is -3.98. The summed E-state index contributed by atoms with van der Waals surface area (Å²) in [5, 5.41) is 12.0. The molecule has 1 aromatic heterocycles. The van der Waals surface area contributed by atoms with Crippen molar-refractivity contribution in [3.63, 3.8) is 0 Å². The number of hydrogen-bond acceptors (Lipinski definition) is 3. The summed E-state index contributed by atoms with van der Waals surface area (Å²) in [7, 11) is 0. The van der Waals surface area contributed by atoms with Crippen molar-refractivity contribution in [3.05, 3.63) is 120 Å². The lowest BCUT2D eigenvalue weighted by molar-refractivity contribution is 0.393. The van der Waals surface area contributed by atoms with E-state index in [-0.39, 0.29) is 0 Å². The van der Waals surface area contributed by atoms with Crippen LogP contribution < -0.4 is 0 Å². The van der Waals surface area contributed by atoms with Crippen LogP contribution in [-0.4, -0.2) is 10.4 Å². The fourth-order valence-corrected chi connectivity index (χ4v) is 4.28. The number of rotatable bonds is 0. The first-order chi connectivity index (χ1) is 15.4. The minimum absolute atomic E-state index is 1.08. The van der Waals surface area contributed by atoms with Gasteiger partial charge in [0, 0.05) is 5.27 Å². The zero-order valence-electron chi connectivity index (χ0n) is 17.1. The molecule has 31 heavy (non-hydrogen) atoms. The third kappa shape index (κ3) is 4.03. The maximum Gasteiger partial charge on any atom is 0.144 e. The summed E-state index contributed by atoms with van der Waals surface area (Å²) in [6, 6.07) is 26.1. The fourth-order valence-electron chi connectivity index (χ4n) is 4.28. The minimum Gasteiger partial charge on any atom is -0.346 e. The van der Waals surface area contributed by atoms with E-state index in [0.717, 1.165) is 12.8 Å². The number of aromatic nitrogens is 2. The molecule has 0 fully saturated rings. The average molecular weight is 402 g/mol. The Kier molecular flexibility index (Phi) is 5.40. The van der Waals surface area contributed by atoms with Gasteiger partial charge in [-0.1, -0.05) is 97.1 Å². The lowest BCUT2D eigenvalue weighted by Crippen LogP contribution is -1.91. The highest BCUT2D eigenvalue weighted by Gasteiger charge is 2.07. The Morgan fingerprint density at radius 3 is 1.55 bits per heavy atom. The molecule has 150 valence electrons. The van der Waals surface area contributed by atoms with Crippen LogP contribution in [0, 0.1) is 0 Å². The number of allylic oxidation sites excluding steroid dienone is 2. The Morgan fingerprint density at radius 1 is 0.613 bits per heavy atom. The largest absolute Gasteiger partial charge is 0.346 e. The molecule has 0 saturated carbocycles. The van der Waals surface area contributed by atoms with E-state index in [2.05, 4.69) is 112 Å². The van der Waals surface area contributed by atoms with E-state index in [9.17, 15) is 0 Å². The van der Waals surface area contributed by atoms with Crippen LogP contribution in [0.3, 0.4) is 0 Å². The number of hydrogen-bond donors (Lipinski definition) is 0. The fraction of sp³-hybridized carbons (Fsp3) is 0.0714. The Morgan fingerprint density at radius 2 is 1.13 bits per heavy atom. The predicted molar refractivity (Wildman–Crippen MR) is 128 cm³/mol. The molecule has 2 aliphatic rings. The Balaban J connectivity index is 0.000000108. The summed E-state index contributed by atoms with van der Waals surface area (Å²) in [4.78, 5) is 0. The standard InChI is InChI=1S/2C13H10.C2H2N2O/c2*1-4-10-6-2-8-12-9-3-7-11(5-1)13(10)12;1-2-5-4-3-1/h2*1-8H,9H2;1-2H. The van der Waals surface area contributed by atoms with Gasteiger partial charge in [0.2, 0.25) is 0 Å². The lowest BCUT2D eigenvalue weighted by Gasteiger charge is -2.11. The van der Waals surface area contributed by atoms with Gasteiger partial charge >= 0.3 is 0 Å². The van der Waals surface area contributed by atoms with E-state index >= 15 is 0 Å². The maximum atomic E-state index is 4.22. The van der Waals surface area contributed by atoms with Gasteiger partial charge in [0.25, 0.3) is 0 Å². The lowest BCUT2D eigenvalue weighted by atomic mass is 9.93. The highest BCUT2D eigenvalue weighted by atomic mass is 16.5. The van der Waals surface area contributed by atoms with Crippen LogP contribution in [-0.2, 0) is 12.8 Å². The van der Waals surface area contributed by atoms with Crippen molar-refractivity contribution < 1.29 is 4.52 Å². The topological polar surface area (TPSA) is 38.9 Å². The van der Waals surface area contributed by atoms with Gasteiger partial charge < -0.3 is 4.52 Å². The first kappa shape index (κ1) is 19.0. The van der Waals surface area contributed by atoms with Crippen LogP contribution in [0.15, 0.2) is 102 Å². The molecule has 4 aromatic carbocycles. The smallest absolute Gasteiger partial charge is 0.144 e. The summed E-state index contributed by atoms with van der Waals surface area (Å²) in [6.07, 6.45) is 13.9. The molecule has 0 atom stereocenters. The van der Waals surface area contributed by atoms with E-state index < -0.39 is 0 Å². The summed E-state index contributed by atoms with van der Waals surface area (Å²) < 4.78 is 4.22. The quantitative estimate of drug-likeness (QED) is 0.283. The first-order valence-corrected chi connectivity index (χ1v) is 10.5. The molecule has 0 bridgehead atoms. The summed E-state index contributed by atoms with van der Waals surface area (Å²) >= 11 is 0. The van der Waals surface area contributed by atoms with Crippen molar-refractivity contribution in [2.24, 2.45) is 0 Å². The van der Waals surface area contributed by atoms with Crippen molar-refractivity contribution in [1.29, 1.82) is 0 Å². The zero-order valence-corrected chi connectivity index (χ0v) is 17.1. The Bertz CT molecular complexity index is 1260. The monoisotopic (exact) mass is 402 g/mol. The molecule has 7 rings (SSSR count). The molecule has 5 aromatic rings. The second-order valence-corrected chi connectivity index (χ2v) is 7.53. The van der Waals surface area contributed by atoms with Crippen molar-refractivity contribution in [3.8, 4) is 0 Å². The van der Waals surface area contributed by atoms with Gasteiger partial charge in [-0.15, -0.1) is 5.10 Å². The molecule has 0 amide bonds.